The Bertz CT molecular complexity index is 703. The van der Waals surface area contributed by atoms with Crippen molar-refractivity contribution in [1.29, 1.82) is 0 Å². The van der Waals surface area contributed by atoms with E-state index in [1.165, 1.54) is 12.1 Å². The van der Waals surface area contributed by atoms with E-state index in [-0.39, 0.29) is 30.2 Å². The Hall–Kier alpha value is -2.20. The molecule has 2 aromatic carbocycles. The largest absolute Gasteiger partial charge is 0.324 e. The zero-order valence-electron chi connectivity index (χ0n) is 16.1. The number of halogens is 1. The number of para-hydroxylation sites is 1. The van der Waals surface area contributed by atoms with Gasteiger partial charge in [-0.15, -0.1) is 0 Å². The average molecular weight is 356 g/mol. The summed E-state index contributed by atoms with van der Waals surface area (Å²) in [6.07, 6.45) is 1.75. The lowest BCUT2D eigenvalue weighted by Gasteiger charge is -2.23. The fourth-order valence-electron chi connectivity index (χ4n) is 3.20. The molecule has 0 saturated heterocycles. The normalized spacial score (nSPS) is 12.2. The molecule has 2 N–H and O–H groups in total. The van der Waals surface area contributed by atoms with Crippen LogP contribution in [0.5, 0.6) is 0 Å². The van der Waals surface area contributed by atoms with Crippen molar-refractivity contribution >= 4 is 11.6 Å². The Morgan fingerprint density at radius 3 is 2.08 bits per heavy atom. The third-order valence-corrected chi connectivity index (χ3v) is 4.64. The van der Waals surface area contributed by atoms with E-state index in [4.69, 9.17) is 0 Å². The number of hydrogen-bond acceptors (Lipinski definition) is 2. The maximum absolute atomic E-state index is 13.2. The molecular formula is C22H29FN2O. The predicted molar refractivity (Wildman–Crippen MR) is 106 cm³/mol. The third kappa shape index (κ3) is 5.15. The molecule has 0 unspecified atom stereocenters. The number of carbonyl (C=O) groups is 1. The van der Waals surface area contributed by atoms with Crippen LogP contribution in [-0.4, -0.2) is 12.5 Å². The minimum Gasteiger partial charge on any atom is -0.324 e. The molecule has 0 aliphatic heterocycles. The van der Waals surface area contributed by atoms with Crippen LogP contribution in [-0.2, 0) is 17.6 Å². The van der Waals surface area contributed by atoms with Crippen LogP contribution >= 0.6 is 0 Å². The molecule has 0 fully saturated rings. The molecule has 0 bridgehead atoms. The quantitative estimate of drug-likeness (QED) is 0.708. The van der Waals surface area contributed by atoms with E-state index in [1.807, 2.05) is 6.07 Å². The summed E-state index contributed by atoms with van der Waals surface area (Å²) < 4.78 is 13.2. The standard InChI is InChI=1S/C22H29FN2O/c1-5-16-8-7-9-17(6-2)22(16)25-20(26)14-24-21(15(3)4)18-10-12-19(23)13-11-18/h7-13,15,21,24H,5-6,14H2,1-4H3,(H,25,26)/t21-/m0/s1. The summed E-state index contributed by atoms with van der Waals surface area (Å²) in [7, 11) is 0. The molecule has 0 aliphatic rings. The van der Waals surface area contributed by atoms with Crippen molar-refractivity contribution in [1.82, 2.24) is 5.32 Å². The van der Waals surface area contributed by atoms with E-state index in [1.54, 1.807) is 12.1 Å². The highest BCUT2D eigenvalue weighted by Gasteiger charge is 2.17. The summed E-state index contributed by atoms with van der Waals surface area (Å²) >= 11 is 0. The van der Waals surface area contributed by atoms with Crippen molar-refractivity contribution in [2.45, 2.75) is 46.6 Å². The van der Waals surface area contributed by atoms with Gasteiger partial charge in [0, 0.05) is 11.7 Å². The number of anilines is 1. The molecule has 0 aliphatic carbocycles. The molecule has 0 aromatic heterocycles. The van der Waals surface area contributed by atoms with Gasteiger partial charge in [0.05, 0.1) is 6.54 Å². The molecule has 26 heavy (non-hydrogen) atoms. The van der Waals surface area contributed by atoms with E-state index in [2.05, 4.69) is 50.5 Å². The average Bonchev–Trinajstić information content (AvgIpc) is 2.63. The van der Waals surface area contributed by atoms with Crippen LogP contribution in [0.2, 0.25) is 0 Å². The third-order valence-electron chi connectivity index (χ3n) is 4.64. The van der Waals surface area contributed by atoms with Crippen molar-refractivity contribution in [3.05, 3.63) is 65.0 Å². The second kappa shape index (κ2) is 9.48. The van der Waals surface area contributed by atoms with Gasteiger partial charge in [0.1, 0.15) is 5.82 Å². The minimum absolute atomic E-state index is 0.00610. The Morgan fingerprint density at radius 1 is 1.00 bits per heavy atom. The van der Waals surface area contributed by atoms with Crippen LogP contribution in [0.25, 0.3) is 0 Å². The molecule has 3 nitrogen and oxygen atoms in total. The van der Waals surface area contributed by atoms with Crippen LogP contribution in [0.1, 0.15) is 50.4 Å². The van der Waals surface area contributed by atoms with Crippen LogP contribution < -0.4 is 10.6 Å². The number of rotatable bonds is 8. The molecule has 4 heteroatoms. The maximum atomic E-state index is 13.2. The molecule has 0 saturated carbocycles. The van der Waals surface area contributed by atoms with Gasteiger partial charge in [-0.3, -0.25) is 4.79 Å². The number of amides is 1. The highest BCUT2D eigenvalue weighted by atomic mass is 19.1. The molecule has 2 aromatic rings. The van der Waals surface area contributed by atoms with E-state index in [0.29, 0.717) is 0 Å². The lowest BCUT2D eigenvalue weighted by Crippen LogP contribution is -2.34. The van der Waals surface area contributed by atoms with Crippen LogP contribution in [0.3, 0.4) is 0 Å². The predicted octanol–water partition coefficient (Wildman–Crippen LogP) is 4.88. The number of nitrogens with one attached hydrogen (secondary N) is 2. The molecular weight excluding hydrogens is 327 g/mol. The summed E-state index contributed by atoms with van der Waals surface area (Å²) in [5, 5.41) is 6.39. The maximum Gasteiger partial charge on any atom is 0.238 e. The van der Waals surface area contributed by atoms with Gasteiger partial charge < -0.3 is 10.6 Å². The van der Waals surface area contributed by atoms with Gasteiger partial charge >= 0.3 is 0 Å². The Balaban J connectivity index is 2.06. The van der Waals surface area contributed by atoms with E-state index < -0.39 is 0 Å². The fraction of sp³-hybridized carbons (Fsp3) is 0.409. The second-order valence-corrected chi connectivity index (χ2v) is 6.86. The second-order valence-electron chi connectivity index (χ2n) is 6.86. The van der Waals surface area contributed by atoms with Crippen LogP contribution in [0.4, 0.5) is 10.1 Å². The topological polar surface area (TPSA) is 41.1 Å². The Kier molecular flexibility index (Phi) is 7.34. The summed E-state index contributed by atoms with van der Waals surface area (Å²) in [6, 6.07) is 12.6. The van der Waals surface area contributed by atoms with Crippen molar-refractivity contribution < 1.29 is 9.18 Å². The Morgan fingerprint density at radius 2 is 1.58 bits per heavy atom. The van der Waals surface area contributed by atoms with Crippen molar-refractivity contribution in [3.63, 3.8) is 0 Å². The SMILES string of the molecule is CCc1cccc(CC)c1NC(=O)CN[C@H](c1ccc(F)cc1)C(C)C. The first-order valence-corrected chi connectivity index (χ1v) is 9.35. The van der Waals surface area contributed by atoms with Crippen molar-refractivity contribution in [3.8, 4) is 0 Å². The molecule has 2 rings (SSSR count). The van der Waals surface area contributed by atoms with Gasteiger partial charge in [0.25, 0.3) is 0 Å². The first kappa shape index (κ1) is 20.1. The molecule has 0 heterocycles. The van der Waals surface area contributed by atoms with Crippen LogP contribution in [0.15, 0.2) is 42.5 Å². The number of carbonyl (C=O) groups excluding carboxylic acids is 1. The fourth-order valence-corrected chi connectivity index (χ4v) is 3.20. The molecule has 0 radical (unpaired) electrons. The Labute approximate surface area is 156 Å². The lowest BCUT2D eigenvalue weighted by molar-refractivity contribution is -0.115. The summed E-state index contributed by atoms with van der Waals surface area (Å²) in [5.74, 6) is -0.0342. The first-order chi connectivity index (χ1) is 12.5. The zero-order chi connectivity index (χ0) is 19.1. The lowest BCUT2D eigenvalue weighted by atomic mass is 9.96. The van der Waals surface area contributed by atoms with Gasteiger partial charge in [-0.05, 0) is 47.6 Å². The molecule has 0 spiro atoms. The van der Waals surface area contributed by atoms with Gasteiger partial charge in [-0.1, -0.05) is 58.0 Å². The number of hydrogen-bond donors (Lipinski definition) is 2. The molecule has 1 atom stereocenters. The minimum atomic E-state index is -0.253. The smallest absolute Gasteiger partial charge is 0.238 e. The van der Waals surface area contributed by atoms with Gasteiger partial charge in [-0.25, -0.2) is 4.39 Å². The number of aryl methyl sites for hydroxylation is 2. The van der Waals surface area contributed by atoms with Crippen molar-refractivity contribution in [2.24, 2.45) is 5.92 Å². The van der Waals surface area contributed by atoms with Gasteiger partial charge in [0.2, 0.25) is 5.91 Å². The van der Waals surface area contributed by atoms with Gasteiger partial charge in [0.15, 0.2) is 0 Å². The summed E-state index contributed by atoms with van der Waals surface area (Å²) in [4.78, 5) is 12.5. The monoisotopic (exact) mass is 356 g/mol. The number of benzene rings is 2. The molecule has 1 amide bonds. The summed E-state index contributed by atoms with van der Waals surface area (Å²) in [6.45, 7) is 8.56. The van der Waals surface area contributed by atoms with E-state index >= 15 is 0 Å². The zero-order valence-corrected chi connectivity index (χ0v) is 16.1. The summed E-state index contributed by atoms with van der Waals surface area (Å²) in [5.41, 5.74) is 4.22. The first-order valence-electron chi connectivity index (χ1n) is 9.35. The van der Waals surface area contributed by atoms with Gasteiger partial charge in [-0.2, -0.15) is 0 Å². The van der Waals surface area contributed by atoms with E-state index in [0.717, 1.165) is 35.2 Å². The van der Waals surface area contributed by atoms with Crippen LogP contribution in [0, 0.1) is 11.7 Å². The molecule has 140 valence electrons. The highest BCUT2D eigenvalue weighted by Crippen LogP contribution is 2.24. The van der Waals surface area contributed by atoms with E-state index in [9.17, 15) is 9.18 Å². The highest BCUT2D eigenvalue weighted by molar-refractivity contribution is 5.93. The van der Waals surface area contributed by atoms with Crippen molar-refractivity contribution in [2.75, 3.05) is 11.9 Å².